The zero-order valence-electron chi connectivity index (χ0n) is 37.4. The number of carboxylic acids is 3. The number of aromatic nitrogens is 2. The summed E-state index contributed by atoms with van der Waals surface area (Å²) in [6, 6.07) is 10.3. The van der Waals surface area contributed by atoms with Crippen LogP contribution >= 0.6 is 46.3 Å². The molecule has 1 saturated heterocycles. The molecule has 3 aromatic rings. The molecule has 1 fully saturated rings. The topological polar surface area (TPSA) is 342 Å². The van der Waals surface area contributed by atoms with Crippen LogP contribution in [0.3, 0.4) is 0 Å². The van der Waals surface area contributed by atoms with Gasteiger partial charge in [-0.15, -0.1) is 0 Å². The number of benzene rings is 2. The Kier molecular flexibility index (Phi) is 20.6. The summed E-state index contributed by atoms with van der Waals surface area (Å²) in [4.78, 5) is 108. The first kappa shape index (κ1) is 54.4. The molecule has 2 aliphatic heterocycles. The molecule has 2 aromatic carbocycles. The summed E-state index contributed by atoms with van der Waals surface area (Å²) in [6.45, 7) is 0.617. The van der Waals surface area contributed by atoms with Crippen molar-refractivity contribution < 1.29 is 68.4 Å². The highest BCUT2D eigenvalue weighted by Crippen LogP contribution is 2.52. The van der Waals surface area contributed by atoms with Gasteiger partial charge in [0.1, 0.15) is 48.9 Å². The van der Waals surface area contributed by atoms with Crippen molar-refractivity contribution in [3.8, 4) is 11.1 Å². The number of nitrogens with zero attached hydrogens (tertiary/aromatic N) is 3. The van der Waals surface area contributed by atoms with Crippen molar-refractivity contribution in [2.45, 2.75) is 86.9 Å². The predicted molar refractivity (Wildman–Crippen MR) is 268 cm³/mol. The number of aliphatic carboxylic acids is 3. The smallest absolute Gasteiger partial charge is 0.407 e. The molecule has 0 spiro atoms. The van der Waals surface area contributed by atoms with E-state index < -0.39 is 79.1 Å². The summed E-state index contributed by atoms with van der Waals surface area (Å²) in [5, 5.41) is 48.5. The fraction of sp³-hybridized carbons (Fsp3) is 0.465. The van der Waals surface area contributed by atoms with E-state index in [1.807, 2.05) is 58.7 Å². The van der Waals surface area contributed by atoms with Crippen molar-refractivity contribution in [3.63, 3.8) is 0 Å². The number of amides is 4. The lowest BCUT2D eigenvalue weighted by Gasteiger charge is -2.26. The average molecular weight is 1070 g/mol. The molecule has 378 valence electrons. The van der Waals surface area contributed by atoms with Gasteiger partial charge in [0, 0.05) is 63.3 Å². The van der Waals surface area contributed by atoms with Crippen molar-refractivity contribution in [1.82, 2.24) is 31.2 Å². The van der Waals surface area contributed by atoms with Gasteiger partial charge in [-0.05, 0) is 49.2 Å². The molecule has 11 N–H and O–H groups in total. The van der Waals surface area contributed by atoms with Gasteiger partial charge in [0.25, 0.3) is 0 Å². The number of anilines is 2. The number of hydrogen-bond donors (Lipinski definition) is 10. The van der Waals surface area contributed by atoms with Crippen molar-refractivity contribution in [2.24, 2.45) is 0 Å². The number of rotatable bonds is 27. The SMILES string of the molecule is Nc1ncnc2c1C(CNC(=O)CCSSCCCC(NC(=O)OCC1c3ccccc3-c3ccccc31)C(=O)NC(CC(=O)O)C(=O)NC(CC(=O)O)C(=O)O)CN2C1CC(O)C(CPPPO)O1. The molecular formula is C43H55N8O14P3S2. The van der Waals surface area contributed by atoms with Crippen LogP contribution in [0.2, 0.25) is 0 Å². The first-order chi connectivity index (χ1) is 33.6. The van der Waals surface area contributed by atoms with Gasteiger partial charge in [-0.25, -0.2) is 19.6 Å². The normalized spacial score (nSPS) is 19.7. The molecule has 1 aromatic heterocycles. The number of carbonyl (C=O) groups is 7. The number of nitrogens with two attached hydrogens (primary N) is 1. The lowest BCUT2D eigenvalue weighted by atomic mass is 9.98. The number of fused-ring (bicyclic) bond motifs is 4. The van der Waals surface area contributed by atoms with Gasteiger partial charge in [-0.1, -0.05) is 78.4 Å². The van der Waals surface area contributed by atoms with Crippen molar-refractivity contribution in [3.05, 3.63) is 71.5 Å². The maximum absolute atomic E-state index is 13.7. The Labute approximate surface area is 415 Å². The van der Waals surface area contributed by atoms with Gasteiger partial charge >= 0.3 is 24.0 Å². The second-order valence-electron chi connectivity index (χ2n) is 16.4. The Morgan fingerprint density at radius 1 is 0.871 bits per heavy atom. The van der Waals surface area contributed by atoms with Crippen molar-refractivity contribution in [1.29, 1.82) is 0 Å². The molecule has 6 rings (SSSR count). The van der Waals surface area contributed by atoms with E-state index >= 15 is 0 Å². The number of carbonyl (C=O) groups excluding carboxylic acids is 4. The monoisotopic (exact) mass is 1060 g/mol. The summed E-state index contributed by atoms with van der Waals surface area (Å²) >= 11 is 0. The molecule has 1 aliphatic carbocycles. The first-order valence-electron chi connectivity index (χ1n) is 22.1. The Balaban J connectivity index is 1.00. The highest BCUT2D eigenvalue weighted by atomic mass is 33.1. The summed E-state index contributed by atoms with van der Waals surface area (Å²) in [7, 11) is 3.62. The van der Waals surface area contributed by atoms with Gasteiger partial charge < -0.3 is 66.7 Å². The van der Waals surface area contributed by atoms with Gasteiger partial charge in [0.05, 0.1) is 25.0 Å². The Morgan fingerprint density at radius 2 is 1.51 bits per heavy atom. The standard InChI is InChI=1S/C43H55N8O14P3S2/c44-38-37-22(18-51(39(37)47-21-46-38)34-16-31(52)32(65-34)20-66-68-67-63)17-45-33(53)11-13-70-69-12-5-10-28(40(58)48-29(14-35(54)55)41(59)49-30(42(60)61)15-36(56)57)50-43(62)64-19-27-25-8-3-1-6-23(25)24-7-2-4-9-26(24)27/h1-4,6-9,21-22,27-32,34,52,63,66-68H,5,10-20H2,(H,45,53)(H,48,58)(H,49,59)(H,50,62)(H,54,55)(H,56,57)(H,60,61)(H2,44,46,47). The summed E-state index contributed by atoms with van der Waals surface area (Å²) in [5.41, 5.74) is 10.9. The molecular weight excluding hydrogens is 1010 g/mol. The fourth-order valence-electron chi connectivity index (χ4n) is 8.42. The van der Waals surface area contributed by atoms with E-state index in [0.29, 0.717) is 70.5 Å². The number of carboxylic acid groups (broad SMARTS) is 3. The molecule has 10 atom stereocenters. The Morgan fingerprint density at radius 3 is 2.19 bits per heavy atom. The van der Waals surface area contributed by atoms with Crippen LogP contribution in [-0.2, 0) is 38.2 Å². The molecule has 27 heteroatoms. The van der Waals surface area contributed by atoms with E-state index in [4.69, 9.17) is 20.3 Å². The van der Waals surface area contributed by atoms with Gasteiger partial charge in [-0.2, -0.15) is 0 Å². The van der Waals surface area contributed by atoms with Crippen LogP contribution in [-0.4, -0.2) is 151 Å². The van der Waals surface area contributed by atoms with Crippen LogP contribution in [0.5, 0.6) is 0 Å². The number of alkyl carbamates (subject to hydrolysis) is 1. The number of ether oxygens (including phenoxy) is 2. The molecule has 3 heterocycles. The molecule has 22 nitrogen and oxygen atoms in total. The number of hydrogen-bond acceptors (Lipinski definition) is 17. The molecule has 0 radical (unpaired) electrons. The van der Waals surface area contributed by atoms with Crippen molar-refractivity contribution in [2.75, 3.05) is 48.0 Å². The molecule has 0 bridgehead atoms. The number of aliphatic hydroxyl groups excluding tert-OH is 1. The second-order valence-corrected chi connectivity index (χ2v) is 25.1. The third-order valence-electron chi connectivity index (χ3n) is 11.7. The molecule has 3 aliphatic rings. The highest BCUT2D eigenvalue weighted by Gasteiger charge is 2.43. The highest BCUT2D eigenvalue weighted by molar-refractivity contribution is 8.76. The molecule has 4 amide bonds. The van der Waals surface area contributed by atoms with Crippen LogP contribution in [0.25, 0.3) is 11.1 Å². The first-order valence-corrected chi connectivity index (χ1v) is 29.8. The number of aliphatic hydroxyl groups is 1. The van der Waals surface area contributed by atoms with Crippen LogP contribution < -0.4 is 31.9 Å². The largest absolute Gasteiger partial charge is 0.481 e. The van der Waals surface area contributed by atoms with Gasteiger partial charge in [0.15, 0.2) is 0 Å². The van der Waals surface area contributed by atoms with E-state index in [1.54, 1.807) is 0 Å². The van der Waals surface area contributed by atoms with Crippen LogP contribution in [0.4, 0.5) is 16.4 Å². The third-order valence-corrected chi connectivity index (χ3v) is 19.2. The number of nitrogen functional groups attached to an aromatic ring is 1. The van der Waals surface area contributed by atoms with E-state index in [9.17, 15) is 53.8 Å². The predicted octanol–water partition coefficient (Wildman–Crippen LogP) is 2.79. The van der Waals surface area contributed by atoms with Crippen molar-refractivity contribution >= 4 is 99.7 Å². The molecule has 10 unspecified atom stereocenters. The van der Waals surface area contributed by atoms with E-state index in [0.717, 1.165) is 22.3 Å². The van der Waals surface area contributed by atoms with Gasteiger partial charge in [0.2, 0.25) is 17.7 Å². The fourth-order valence-corrected chi connectivity index (χ4v) is 14.0. The summed E-state index contributed by atoms with van der Waals surface area (Å²) in [5.74, 6) is -5.98. The third kappa shape index (κ3) is 14.8. The van der Waals surface area contributed by atoms with Crippen LogP contribution in [0.15, 0.2) is 54.9 Å². The van der Waals surface area contributed by atoms with E-state index in [1.165, 1.54) is 27.9 Å². The van der Waals surface area contributed by atoms with Crippen LogP contribution in [0.1, 0.15) is 67.1 Å². The lowest BCUT2D eigenvalue weighted by Crippen LogP contribution is -2.56. The van der Waals surface area contributed by atoms with E-state index in [-0.39, 0.29) is 58.3 Å². The summed E-state index contributed by atoms with van der Waals surface area (Å²) < 4.78 is 11.9. The zero-order chi connectivity index (χ0) is 50.3. The zero-order valence-corrected chi connectivity index (χ0v) is 42.1. The maximum Gasteiger partial charge on any atom is 0.407 e. The minimum absolute atomic E-state index is 0.00879. The lowest BCUT2D eigenvalue weighted by molar-refractivity contribution is -0.148. The molecule has 0 saturated carbocycles. The van der Waals surface area contributed by atoms with Crippen LogP contribution in [0, 0.1) is 0 Å². The van der Waals surface area contributed by atoms with Gasteiger partial charge in [-0.3, -0.25) is 24.0 Å². The average Bonchev–Trinajstić information content (AvgIpc) is 3.99. The number of nitrogens with one attached hydrogen (secondary N) is 4. The Hall–Kier alpha value is -4.92. The quantitative estimate of drug-likeness (QED) is 0.0298. The Bertz CT molecular complexity index is 2340. The minimum Gasteiger partial charge on any atom is -0.481 e. The second kappa shape index (κ2) is 26.5. The molecule has 70 heavy (non-hydrogen) atoms. The maximum atomic E-state index is 13.7. The van der Waals surface area contributed by atoms with E-state index in [2.05, 4.69) is 25.9 Å². The summed E-state index contributed by atoms with van der Waals surface area (Å²) in [6.07, 6.45) is -1.54. The minimum atomic E-state index is -1.92.